The summed E-state index contributed by atoms with van der Waals surface area (Å²) in [6, 6.07) is -0.930. The molecular formula is C57H103NO13. The summed E-state index contributed by atoms with van der Waals surface area (Å²) in [7, 11) is 0. The number of unbranched alkanes of at least 4 members (excludes halogenated alkanes) is 25. The van der Waals surface area contributed by atoms with Crippen LogP contribution in [0.2, 0.25) is 0 Å². The van der Waals surface area contributed by atoms with Gasteiger partial charge in [0.05, 0.1) is 32.0 Å². The molecule has 14 heteroatoms. The van der Waals surface area contributed by atoms with Crippen molar-refractivity contribution in [3.8, 4) is 0 Å². The predicted octanol–water partition coefficient (Wildman–Crippen LogP) is 8.83. The zero-order chi connectivity index (χ0) is 51.7. The van der Waals surface area contributed by atoms with E-state index in [1.165, 1.54) is 128 Å². The predicted molar refractivity (Wildman–Crippen MR) is 281 cm³/mol. The molecule has 414 valence electrons. The molecule has 0 aliphatic carbocycles. The van der Waals surface area contributed by atoms with Crippen molar-refractivity contribution in [1.82, 2.24) is 5.32 Å². The van der Waals surface area contributed by atoms with Crippen LogP contribution in [0.3, 0.4) is 0 Å². The molecule has 12 unspecified atom stereocenters. The van der Waals surface area contributed by atoms with Crippen LogP contribution in [0, 0.1) is 0 Å². The van der Waals surface area contributed by atoms with E-state index in [4.69, 9.17) is 18.9 Å². The third kappa shape index (κ3) is 29.6. The lowest BCUT2D eigenvalue weighted by Crippen LogP contribution is -2.65. The Balaban J connectivity index is 1.77. The zero-order valence-electron chi connectivity index (χ0n) is 44.2. The van der Waals surface area contributed by atoms with Gasteiger partial charge in [-0.1, -0.05) is 204 Å². The average Bonchev–Trinajstić information content (AvgIpc) is 3.37. The summed E-state index contributed by atoms with van der Waals surface area (Å²) in [6.07, 6.45) is 35.9. The molecule has 0 aromatic heterocycles. The van der Waals surface area contributed by atoms with Gasteiger partial charge in [-0.2, -0.15) is 0 Å². The highest BCUT2D eigenvalue weighted by Gasteiger charge is 2.51. The molecule has 14 nitrogen and oxygen atoms in total. The first kappa shape index (κ1) is 65.1. The van der Waals surface area contributed by atoms with Crippen LogP contribution in [0.15, 0.2) is 48.6 Å². The molecule has 0 radical (unpaired) electrons. The molecule has 0 bridgehead atoms. The molecule has 1 amide bonds. The highest BCUT2D eigenvalue weighted by molar-refractivity contribution is 5.76. The maximum Gasteiger partial charge on any atom is 0.220 e. The van der Waals surface area contributed by atoms with Gasteiger partial charge < -0.3 is 65.1 Å². The number of aliphatic hydroxyl groups excluding tert-OH is 8. The number of rotatable bonds is 44. The standard InChI is InChI=1S/C57H103NO13/c1-3-5-7-9-11-13-15-17-18-19-20-21-22-23-24-25-26-27-29-30-32-34-36-38-40-46(61)45(58-49(62)41-39-37-35-33-31-28-16-14-12-10-8-6-4-2)44-68-56-54(67)52(65)55(48(43-60)70-56)71-57-53(66)51(64)50(63)47(42-59)69-57/h6,8,12,14,28,31,38,40,45-48,50-57,59-61,63-67H,3-5,7,9-11,13,15-27,29-30,32-37,39,41-44H2,1-2H3,(H,58,62)/b8-6-,14-12-,31-28-,40-38+. The number of allylic oxidation sites excluding steroid dienone is 7. The van der Waals surface area contributed by atoms with Crippen molar-refractivity contribution in [2.75, 3.05) is 19.8 Å². The number of hydrogen-bond donors (Lipinski definition) is 9. The number of carbonyl (C=O) groups excluding carboxylic acids is 1. The highest BCUT2D eigenvalue weighted by atomic mass is 16.7. The second-order valence-corrected chi connectivity index (χ2v) is 20.0. The first-order valence-corrected chi connectivity index (χ1v) is 28.4. The van der Waals surface area contributed by atoms with Crippen molar-refractivity contribution in [3.05, 3.63) is 48.6 Å². The number of nitrogens with one attached hydrogen (secondary N) is 1. The van der Waals surface area contributed by atoms with Gasteiger partial charge in [-0.25, -0.2) is 0 Å². The maximum absolute atomic E-state index is 13.2. The van der Waals surface area contributed by atoms with Gasteiger partial charge in [0, 0.05) is 6.42 Å². The Hall–Kier alpha value is -2.05. The molecule has 0 aromatic rings. The zero-order valence-corrected chi connectivity index (χ0v) is 44.2. The van der Waals surface area contributed by atoms with Gasteiger partial charge in [0.25, 0.3) is 0 Å². The third-order valence-corrected chi connectivity index (χ3v) is 13.8. The second kappa shape index (κ2) is 43.2. The lowest BCUT2D eigenvalue weighted by atomic mass is 9.97. The van der Waals surface area contributed by atoms with Crippen LogP contribution >= 0.6 is 0 Å². The number of hydrogen-bond acceptors (Lipinski definition) is 13. The molecule has 0 spiro atoms. The van der Waals surface area contributed by atoms with E-state index >= 15 is 0 Å². The van der Waals surface area contributed by atoms with Crippen LogP contribution < -0.4 is 5.32 Å². The molecule has 9 N–H and O–H groups in total. The van der Waals surface area contributed by atoms with E-state index in [1.54, 1.807) is 6.08 Å². The van der Waals surface area contributed by atoms with Gasteiger partial charge >= 0.3 is 0 Å². The topological polar surface area (TPSA) is 228 Å². The summed E-state index contributed by atoms with van der Waals surface area (Å²) >= 11 is 0. The second-order valence-electron chi connectivity index (χ2n) is 20.0. The maximum atomic E-state index is 13.2. The molecular weight excluding hydrogens is 907 g/mol. The minimum atomic E-state index is -1.79. The fourth-order valence-corrected chi connectivity index (χ4v) is 9.19. The summed E-state index contributed by atoms with van der Waals surface area (Å²) < 4.78 is 22.7. The summed E-state index contributed by atoms with van der Waals surface area (Å²) in [5.74, 6) is -0.269. The van der Waals surface area contributed by atoms with Crippen LogP contribution in [-0.4, -0.2) is 140 Å². The summed E-state index contributed by atoms with van der Waals surface area (Å²) in [5.41, 5.74) is 0. The minimum absolute atomic E-state index is 0.245. The molecule has 2 rings (SSSR count). The number of aliphatic hydroxyl groups is 8. The molecule has 0 aromatic carbocycles. The number of ether oxygens (including phenoxy) is 4. The van der Waals surface area contributed by atoms with Crippen molar-refractivity contribution in [2.24, 2.45) is 0 Å². The van der Waals surface area contributed by atoms with Gasteiger partial charge in [-0.05, 0) is 51.4 Å². The van der Waals surface area contributed by atoms with E-state index < -0.39 is 86.8 Å². The lowest BCUT2D eigenvalue weighted by molar-refractivity contribution is -0.359. The van der Waals surface area contributed by atoms with E-state index in [2.05, 4.69) is 55.6 Å². The van der Waals surface area contributed by atoms with Crippen LogP contribution in [0.4, 0.5) is 0 Å². The summed E-state index contributed by atoms with van der Waals surface area (Å²) in [5, 5.41) is 86.9. The van der Waals surface area contributed by atoms with E-state index in [0.717, 1.165) is 57.8 Å². The SMILES string of the molecule is CC/C=C\C/C=C\C/C=C\CCCCCC(=O)NC(COC1OC(CO)C(OC2OC(CO)C(O)C(O)C2O)C(O)C1O)C(O)/C=C/CCCCCCCCCCCCCCCCCCCCCCCC. The molecule has 12 atom stereocenters. The van der Waals surface area contributed by atoms with E-state index in [9.17, 15) is 45.6 Å². The van der Waals surface area contributed by atoms with Crippen LogP contribution in [-0.2, 0) is 23.7 Å². The monoisotopic (exact) mass is 1010 g/mol. The molecule has 2 heterocycles. The van der Waals surface area contributed by atoms with Gasteiger partial charge in [0.15, 0.2) is 12.6 Å². The Kier molecular flexibility index (Phi) is 39.6. The smallest absolute Gasteiger partial charge is 0.220 e. The fraction of sp³-hybridized carbons (Fsp3) is 0.842. The largest absolute Gasteiger partial charge is 0.394 e. The number of carbonyl (C=O) groups is 1. The van der Waals surface area contributed by atoms with Crippen LogP contribution in [0.5, 0.6) is 0 Å². The summed E-state index contributed by atoms with van der Waals surface area (Å²) in [6.45, 7) is 2.66. The average molecular weight is 1010 g/mol. The van der Waals surface area contributed by atoms with Crippen LogP contribution in [0.25, 0.3) is 0 Å². The van der Waals surface area contributed by atoms with Crippen molar-refractivity contribution in [1.29, 1.82) is 0 Å². The van der Waals surface area contributed by atoms with Gasteiger partial charge in [-0.15, -0.1) is 0 Å². The van der Waals surface area contributed by atoms with Crippen LogP contribution in [0.1, 0.15) is 213 Å². The Morgan fingerprint density at radius 3 is 1.49 bits per heavy atom. The first-order valence-electron chi connectivity index (χ1n) is 28.4. The van der Waals surface area contributed by atoms with Gasteiger partial charge in [0.1, 0.15) is 48.8 Å². The Labute approximate surface area is 429 Å². The fourth-order valence-electron chi connectivity index (χ4n) is 9.19. The molecule has 2 aliphatic rings. The molecule has 2 saturated heterocycles. The van der Waals surface area contributed by atoms with Gasteiger partial charge in [0.2, 0.25) is 5.91 Å². The number of amides is 1. The van der Waals surface area contributed by atoms with E-state index in [1.807, 2.05) is 6.08 Å². The van der Waals surface area contributed by atoms with Crippen molar-refractivity contribution in [3.63, 3.8) is 0 Å². The van der Waals surface area contributed by atoms with Gasteiger partial charge in [-0.3, -0.25) is 4.79 Å². The first-order chi connectivity index (χ1) is 34.6. The highest BCUT2D eigenvalue weighted by Crippen LogP contribution is 2.30. The molecule has 2 aliphatic heterocycles. The van der Waals surface area contributed by atoms with Crippen molar-refractivity contribution >= 4 is 5.91 Å². The lowest BCUT2D eigenvalue weighted by Gasteiger charge is -2.46. The quantitative estimate of drug-likeness (QED) is 0.0206. The minimum Gasteiger partial charge on any atom is -0.394 e. The third-order valence-electron chi connectivity index (χ3n) is 13.8. The van der Waals surface area contributed by atoms with E-state index in [0.29, 0.717) is 6.42 Å². The Morgan fingerprint density at radius 2 is 0.972 bits per heavy atom. The molecule has 2 fully saturated rings. The normalized spacial score (nSPS) is 26.1. The molecule has 0 saturated carbocycles. The Bertz CT molecular complexity index is 1380. The Morgan fingerprint density at radius 1 is 0.521 bits per heavy atom. The van der Waals surface area contributed by atoms with Crippen molar-refractivity contribution in [2.45, 2.75) is 286 Å². The van der Waals surface area contributed by atoms with Crippen molar-refractivity contribution < 1.29 is 64.6 Å². The summed E-state index contributed by atoms with van der Waals surface area (Å²) in [4.78, 5) is 13.2. The van der Waals surface area contributed by atoms with E-state index in [-0.39, 0.29) is 18.9 Å². The molecule has 71 heavy (non-hydrogen) atoms.